The van der Waals surface area contributed by atoms with E-state index in [9.17, 15) is 0 Å². The Balaban J connectivity index is 2.95. The predicted octanol–water partition coefficient (Wildman–Crippen LogP) is 4.08. The Bertz CT molecular complexity index is 294. The molecule has 1 rings (SSSR count). The lowest BCUT2D eigenvalue weighted by molar-refractivity contribution is 0.742. The fourth-order valence-corrected chi connectivity index (χ4v) is 6.17. The van der Waals surface area contributed by atoms with Gasteiger partial charge in [0.25, 0.3) is 0 Å². The zero-order valence-corrected chi connectivity index (χ0v) is 12.3. The Morgan fingerprint density at radius 1 is 1.12 bits per heavy atom. The van der Waals surface area contributed by atoms with E-state index in [1.54, 1.807) is 0 Å². The first kappa shape index (κ1) is 13.5. The summed E-state index contributed by atoms with van der Waals surface area (Å²) in [6, 6.07) is 3.99. The molecule has 1 aromatic rings. The number of aromatic nitrogens is 2. The molecular formula is C13H26N2Si. The standard InChI is InChI=1S/C13H26N2Si/c1-5-9-10-13-14-11-12-15(13)16(6-2,7-3)8-4/h11-12H,5-10H2,1-4H3. The average molecular weight is 238 g/mol. The molecule has 0 spiro atoms. The van der Waals surface area contributed by atoms with Crippen LogP contribution in [0.4, 0.5) is 0 Å². The first-order valence-corrected chi connectivity index (χ1v) is 9.33. The van der Waals surface area contributed by atoms with Crippen LogP contribution in [0.2, 0.25) is 18.1 Å². The summed E-state index contributed by atoms with van der Waals surface area (Å²) in [5.74, 6) is 1.33. The van der Waals surface area contributed by atoms with Gasteiger partial charge in [-0.3, -0.25) is 0 Å². The molecule has 1 aromatic heterocycles. The van der Waals surface area contributed by atoms with E-state index >= 15 is 0 Å². The van der Waals surface area contributed by atoms with Crippen molar-refractivity contribution in [2.75, 3.05) is 0 Å². The third-order valence-electron chi connectivity index (χ3n) is 3.96. The van der Waals surface area contributed by atoms with E-state index in [2.05, 4.69) is 43.1 Å². The molecule has 16 heavy (non-hydrogen) atoms. The molecule has 0 unspecified atom stereocenters. The number of rotatable bonds is 7. The van der Waals surface area contributed by atoms with Gasteiger partial charge < -0.3 is 4.23 Å². The van der Waals surface area contributed by atoms with Crippen molar-refractivity contribution in [3.8, 4) is 0 Å². The Kier molecular flexibility index (Phi) is 5.26. The lowest BCUT2D eigenvalue weighted by atomic mass is 10.2. The summed E-state index contributed by atoms with van der Waals surface area (Å²) >= 11 is 0. The number of aryl methyl sites for hydroxylation is 1. The third-order valence-corrected chi connectivity index (χ3v) is 9.33. The largest absolute Gasteiger partial charge is 0.362 e. The average Bonchev–Trinajstić information content (AvgIpc) is 2.79. The van der Waals surface area contributed by atoms with E-state index in [-0.39, 0.29) is 0 Å². The van der Waals surface area contributed by atoms with Crippen LogP contribution in [0.5, 0.6) is 0 Å². The van der Waals surface area contributed by atoms with Gasteiger partial charge in [0.2, 0.25) is 0 Å². The molecule has 0 bridgehead atoms. The van der Waals surface area contributed by atoms with Crippen LogP contribution in [-0.4, -0.2) is 17.5 Å². The van der Waals surface area contributed by atoms with E-state index in [0.717, 1.165) is 6.42 Å². The second-order valence-electron chi connectivity index (χ2n) is 4.60. The first-order valence-electron chi connectivity index (χ1n) is 6.76. The molecule has 0 fully saturated rings. The highest BCUT2D eigenvalue weighted by atomic mass is 28.3. The van der Waals surface area contributed by atoms with Crippen molar-refractivity contribution in [3.05, 3.63) is 18.2 Å². The zero-order valence-electron chi connectivity index (χ0n) is 11.3. The van der Waals surface area contributed by atoms with E-state index in [0.29, 0.717) is 0 Å². The SMILES string of the molecule is CCCCc1nccn1[Si](CC)(CC)CC. The van der Waals surface area contributed by atoms with Gasteiger partial charge in [0.15, 0.2) is 8.24 Å². The van der Waals surface area contributed by atoms with Gasteiger partial charge in [-0.05, 0) is 24.6 Å². The fraction of sp³-hybridized carbons (Fsp3) is 0.769. The monoisotopic (exact) mass is 238 g/mol. The molecular weight excluding hydrogens is 212 g/mol. The first-order chi connectivity index (χ1) is 7.74. The summed E-state index contributed by atoms with van der Waals surface area (Å²) in [6.07, 6.45) is 7.89. The van der Waals surface area contributed by atoms with Crippen molar-refractivity contribution in [1.82, 2.24) is 9.22 Å². The summed E-state index contributed by atoms with van der Waals surface area (Å²) in [7, 11) is -1.28. The van der Waals surface area contributed by atoms with Gasteiger partial charge in [-0.2, -0.15) is 0 Å². The summed E-state index contributed by atoms with van der Waals surface area (Å²) in [5.41, 5.74) is 0. The molecule has 0 aliphatic rings. The molecule has 0 amide bonds. The highest BCUT2D eigenvalue weighted by molar-refractivity contribution is 6.78. The minimum absolute atomic E-state index is 1.15. The molecule has 0 radical (unpaired) electrons. The number of unbranched alkanes of at least 4 members (excludes halogenated alkanes) is 1. The molecule has 2 nitrogen and oxygen atoms in total. The molecule has 0 saturated heterocycles. The van der Waals surface area contributed by atoms with Gasteiger partial charge in [0, 0.05) is 18.8 Å². The van der Waals surface area contributed by atoms with Crippen molar-refractivity contribution in [2.45, 2.75) is 65.1 Å². The quantitative estimate of drug-likeness (QED) is 0.655. The maximum Gasteiger partial charge on any atom is 0.162 e. The minimum atomic E-state index is -1.28. The van der Waals surface area contributed by atoms with Crippen LogP contribution in [-0.2, 0) is 6.42 Å². The van der Waals surface area contributed by atoms with Gasteiger partial charge >= 0.3 is 0 Å². The van der Waals surface area contributed by atoms with E-state index in [1.165, 1.54) is 36.8 Å². The maximum absolute atomic E-state index is 4.56. The van der Waals surface area contributed by atoms with Crippen molar-refractivity contribution in [1.29, 1.82) is 0 Å². The Morgan fingerprint density at radius 2 is 1.75 bits per heavy atom. The van der Waals surface area contributed by atoms with Crippen LogP contribution in [0, 0.1) is 0 Å². The van der Waals surface area contributed by atoms with Gasteiger partial charge in [-0.15, -0.1) is 0 Å². The molecule has 3 heteroatoms. The molecule has 1 heterocycles. The van der Waals surface area contributed by atoms with E-state index < -0.39 is 8.24 Å². The summed E-state index contributed by atoms with van der Waals surface area (Å²) in [5, 5.41) is 0. The molecule has 0 atom stereocenters. The zero-order chi connectivity index (χ0) is 12.0. The van der Waals surface area contributed by atoms with Gasteiger partial charge in [0.05, 0.1) is 0 Å². The Labute approximate surface area is 101 Å². The topological polar surface area (TPSA) is 17.8 Å². The number of hydrogen-bond acceptors (Lipinski definition) is 1. The molecule has 0 N–H and O–H groups in total. The number of imidazole rings is 1. The summed E-state index contributed by atoms with van der Waals surface area (Å²) < 4.78 is 2.57. The van der Waals surface area contributed by atoms with Crippen LogP contribution in [0.25, 0.3) is 0 Å². The Morgan fingerprint density at radius 3 is 2.25 bits per heavy atom. The lowest BCUT2D eigenvalue weighted by Gasteiger charge is -2.31. The second kappa shape index (κ2) is 6.23. The highest BCUT2D eigenvalue weighted by Crippen LogP contribution is 2.24. The minimum Gasteiger partial charge on any atom is -0.362 e. The second-order valence-corrected chi connectivity index (χ2v) is 9.65. The fourth-order valence-electron chi connectivity index (χ4n) is 2.55. The van der Waals surface area contributed by atoms with Crippen LogP contribution in [0.1, 0.15) is 46.4 Å². The molecule has 0 aliphatic heterocycles. The van der Waals surface area contributed by atoms with Crippen LogP contribution >= 0.6 is 0 Å². The normalized spacial score (nSPS) is 12.0. The van der Waals surface area contributed by atoms with Gasteiger partial charge in [-0.25, -0.2) is 4.98 Å². The molecule has 92 valence electrons. The molecule has 0 aliphatic carbocycles. The van der Waals surface area contributed by atoms with Crippen LogP contribution < -0.4 is 0 Å². The lowest BCUT2D eigenvalue weighted by Crippen LogP contribution is -2.41. The predicted molar refractivity (Wildman–Crippen MR) is 73.4 cm³/mol. The van der Waals surface area contributed by atoms with Crippen molar-refractivity contribution >= 4 is 8.24 Å². The van der Waals surface area contributed by atoms with E-state index in [1.807, 2.05) is 6.20 Å². The third kappa shape index (κ3) is 2.57. The van der Waals surface area contributed by atoms with E-state index in [4.69, 9.17) is 0 Å². The summed E-state index contributed by atoms with van der Waals surface area (Å²) in [4.78, 5) is 4.56. The highest BCUT2D eigenvalue weighted by Gasteiger charge is 2.30. The van der Waals surface area contributed by atoms with Crippen LogP contribution in [0.3, 0.4) is 0 Å². The smallest absolute Gasteiger partial charge is 0.162 e. The van der Waals surface area contributed by atoms with Crippen LogP contribution in [0.15, 0.2) is 12.4 Å². The van der Waals surface area contributed by atoms with Gasteiger partial charge in [-0.1, -0.05) is 34.1 Å². The number of nitrogens with zero attached hydrogens (tertiary/aromatic N) is 2. The van der Waals surface area contributed by atoms with Crippen molar-refractivity contribution < 1.29 is 0 Å². The molecule has 0 saturated carbocycles. The van der Waals surface area contributed by atoms with Crippen molar-refractivity contribution in [2.24, 2.45) is 0 Å². The number of hydrogen-bond donors (Lipinski definition) is 0. The molecule has 0 aromatic carbocycles. The van der Waals surface area contributed by atoms with Crippen molar-refractivity contribution in [3.63, 3.8) is 0 Å². The summed E-state index contributed by atoms with van der Waals surface area (Å²) in [6.45, 7) is 9.30. The van der Waals surface area contributed by atoms with Gasteiger partial charge in [0.1, 0.15) is 5.82 Å². The Hall–Kier alpha value is -0.573. The maximum atomic E-state index is 4.56.